The third-order valence-corrected chi connectivity index (χ3v) is 3.41. The standard InChI is InChI=1S/C18H22N2O2/c1-14(19-2)13-20-18(21)17(15-9-5-3-6-10-15)22-16-11-7-4-8-12-16/h3-12,14,17,19H,13H2,1-2H3,(H,20,21). The van der Waals surface area contributed by atoms with Crippen LogP contribution in [0.15, 0.2) is 60.7 Å². The summed E-state index contributed by atoms with van der Waals surface area (Å²) in [6.07, 6.45) is -0.660. The Morgan fingerprint density at radius 1 is 1.05 bits per heavy atom. The highest BCUT2D eigenvalue weighted by atomic mass is 16.5. The number of carbonyl (C=O) groups is 1. The zero-order valence-corrected chi connectivity index (χ0v) is 13.0. The average Bonchev–Trinajstić information content (AvgIpc) is 2.59. The lowest BCUT2D eigenvalue weighted by Gasteiger charge is -2.20. The number of hydrogen-bond donors (Lipinski definition) is 2. The van der Waals surface area contributed by atoms with E-state index in [4.69, 9.17) is 4.74 Å². The van der Waals surface area contributed by atoms with Crippen LogP contribution in [0.3, 0.4) is 0 Å². The van der Waals surface area contributed by atoms with Crippen molar-refractivity contribution in [2.45, 2.75) is 19.1 Å². The quantitative estimate of drug-likeness (QED) is 0.826. The molecule has 4 heteroatoms. The number of likely N-dealkylation sites (N-methyl/N-ethyl adjacent to an activating group) is 1. The van der Waals surface area contributed by atoms with E-state index in [-0.39, 0.29) is 11.9 Å². The van der Waals surface area contributed by atoms with E-state index < -0.39 is 6.10 Å². The molecule has 2 N–H and O–H groups in total. The Bertz CT molecular complexity index is 572. The summed E-state index contributed by atoms with van der Waals surface area (Å²) >= 11 is 0. The first-order valence-electron chi connectivity index (χ1n) is 7.42. The van der Waals surface area contributed by atoms with Crippen molar-refractivity contribution in [2.24, 2.45) is 0 Å². The van der Waals surface area contributed by atoms with Gasteiger partial charge in [-0.25, -0.2) is 0 Å². The Labute approximate surface area is 131 Å². The van der Waals surface area contributed by atoms with E-state index in [1.165, 1.54) is 0 Å². The fourth-order valence-corrected chi connectivity index (χ4v) is 1.98. The number of para-hydroxylation sites is 1. The molecule has 0 saturated heterocycles. The third-order valence-electron chi connectivity index (χ3n) is 3.41. The summed E-state index contributed by atoms with van der Waals surface area (Å²) in [5.41, 5.74) is 0.834. The van der Waals surface area contributed by atoms with Crippen LogP contribution in [0.5, 0.6) is 5.75 Å². The molecule has 4 nitrogen and oxygen atoms in total. The average molecular weight is 298 g/mol. The molecule has 2 unspecified atom stereocenters. The molecule has 0 spiro atoms. The molecule has 0 heterocycles. The van der Waals surface area contributed by atoms with E-state index in [1.54, 1.807) is 0 Å². The van der Waals surface area contributed by atoms with Gasteiger partial charge >= 0.3 is 0 Å². The van der Waals surface area contributed by atoms with Crippen LogP contribution in [0.4, 0.5) is 0 Å². The van der Waals surface area contributed by atoms with Gasteiger partial charge in [-0.15, -0.1) is 0 Å². The Morgan fingerprint density at radius 2 is 1.64 bits per heavy atom. The summed E-state index contributed by atoms with van der Waals surface area (Å²) in [6, 6.07) is 19.1. The highest BCUT2D eigenvalue weighted by Gasteiger charge is 2.22. The molecular formula is C18H22N2O2. The zero-order chi connectivity index (χ0) is 15.8. The fraction of sp³-hybridized carbons (Fsp3) is 0.278. The van der Waals surface area contributed by atoms with Crippen molar-refractivity contribution in [1.82, 2.24) is 10.6 Å². The van der Waals surface area contributed by atoms with Crippen LogP contribution in [-0.4, -0.2) is 25.5 Å². The van der Waals surface area contributed by atoms with Gasteiger partial charge in [0.05, 0.1) is 0 Å². The molecule has 0 aliphatic heterocycles. The molecule has 2 atom stereocenters. The summed E-state index contributed by atoms with van der Waals surface area (Å²) in [6.45, 7) is 2.56. The molecular weight excluding hydrogens is 276 g/mol. The molecule has 0 aliphatic rings. The molecule has 0 saturated carbocycles. The first kappa shape index (κ1) is 16.0. The van der Waals surface area contributed by atoms with Gasteiger partial charge in [0, 0.05) is 18.2 Å². The van der Waals surface area contributed by atoms with Crippen molar-refractivity contribution in [1.29, 1.82) is 0 Å². The minimum atomic E-state index is -0.660. The zero-order valence-electron chi connectivity index (χ0n) is 13.0. The van der Waals surface area contributed by atoms with Gasteiger partial charge in [-0.05, 0) is 26.1 Å². The van der Waals surface area contributed by atoms with Gasteiger partial charge in [0.15, 0.2) is 0 Å². The fourth-order valence-electron chi connectivity index (χ4n) is 1.98. The van der Waals surface area contributed by atoms with Crippen LogP contribution < -0.4 is 15.4 Å². The predicted octanol–water partition coefficient (Wildman–Crippen LogP) is 2.53. The van der Waals surface area contributed by atoms with Gasteiger partial charge in [-0.2, -0.15) is 0 Å². The van der Waals surface area contributed by atoms with E-state index >= 15 is 0 Å². The van der Waals surface area contributed by atoms with E-state index in [1.807, 2.05) is 74.6 Å². The summed E-state index contributed by atoms with van der Waals surface area (Å²) in [5, 5.41) is 6.02. The number of nitrogens with one attached hydrogen (secondary N) is 2. The van der Waals surface area contributed by atoms with Gasteiger partial charge in [-0.3, -0.25) is 4.79 Å². The first-order valence-corrected chi connectivity index (χ1v) is 7.42. The lowest BCUT2D eigenvalue weighted by molar-refractivity contribution is -0.128. The molecule has 2 aromatic rings. The van der Waals surface area contributed by atoms with E-state index in [9.17, 15) is 4.79 Å². The van der Waals surface area contributed by atoms with Crippen molar-refractivity contribution >= 4 is 5.91 Å². The molecule has 116 valence electrons. The second kappa shape index (κ2) is 8.20. The Morgan fingerprint density at radius 3 is 2.23 bits per heavy atom. The molecule has 0 aromatic heterocycles. The maximum absolute atomic E-state index is 12.5. The number of hydrogen-bond acceptors (Lipinski definition) is 3. The Balaban J connectivity index is 2.13. The van der Waals surface area contributed by atoms with Gasteiger partial charge in [0.2, 0.25) is 6.10 Å². The highest BCUT2D eigenvalue weighted by molar-refractivity contribution is 5.82. The molecule has 22 heavy (non-hydrogen) atoms. The normalized spacial score (nSPS) is 13.2. The molecule has 0 aliphatic carbocycles. The monoisotopic (exact) mass is 298 g/mol. The molecule has 0 radical (unpaired) electrons. The van der Waals surface area contributed by atoms with Gasteiger partial charge < -0.3 is 15.4 Å². The van der Waals surface area contributed by atoms with Gasteiger partial charge in [-0.1, -0.05) is 48.5 Å². The predicted molar refractivity (Wildman–Crippen MR) is 87.8 cm³/mol. The number of carbonyl (C=O) groups excluding carboxylic acids is 1. The van der Waals surface area contributed by atoms with E-state index in [0.29, 0.717) is 12.3 Å². The number of amides is 1. The van der Waals surface area contributed by atoms with Crippen LogP contribution in [0, 0.1) is 0 Å². The van der Waals surface area contributed by atoms with Crippen LogP contribution in [0.2, 0.25) is 0 Å². The molecule has 0 bridgehead atoms. The van der Waals surface area contributed by atoms with Crippen LogP contribution in [-0.2, 0) is 4.79 Å². The summed E-state index contributed by atoms with van der Waals surface area (Å²) < 4.78 is 5.90. The van der Waals surface area contributed by atoms with Gasteiger partial charge in [0.25, 0.3) is 5.91 Å². The maximum atomic E-state index is 12.5. The maximum Gasteiger partial charge on any atom is 0.265 e. The summed E-state index contributed by atoms with van der Waals surface area (Å²) in [7, 11) is 1.87. The lowest BCUT2D eigenvalue weighted by Crippen LogP contribution is -2.40. The van der Waals surface area contributed by atoms with Crippen molar-refractivity contribution in [3.8, 4) is 5.75 Å². The topological polar surface area (TPSA) is 50.4 Å². The minimum absolute atomic E-state index is 0.142. The molecule has 2 rings (SSSR count). The Kier molecular flexibility index (Phi) is 5.98. The number of rotatable bonds is 7. The van der Waals surface area contributed by atoms with E-state index in [0.717, 1.165) is 5.56 Å². The molecule has 1 amide bonds. The SMILES string of the molecule is CNC(C)CNC(=O)C(Oc1ccccc1)c1ccccc1. The summed E-state index contributed by atoms with van der Waals surface area (Å²) in [5.74, 6) is 0.533. The van der Waals surface area contributed by atoms with Crippen molar-refractivity contribution in [2.75, 3.05) is 13.6 Å². The second-order valence-electron chi connectivity index (χ2n) is 5.16. The number of benzene rings is 2. The number of ether oxygens (including phenoxy) is 1. The van der Waals surface area contributed by atoms with Crippen LogP contribution in [0.1, 0.15) is 18.6 Å². The van der Waals surface area contributed by atoms with Crippen molar-refractivity contribution in [3.05, 3.63) is 66.2 Å². The van der Waals surface area contributed by atoms with Crippen molar-refractivity contribution in [3.63, 3.8) is 0 Å². The third kappa shape index (κ3) is 4.60. The van der Waals surface area contributed by atoms with Crippen molar-refractivity contribution < 1.29 is 9.53 Å². The smallest absolute Gasteiger partial charge is 0.265 e. The molecule has 0 fully saturated rings. The second-order valence-corrected chi connectivity index (χ2v) is 5.16. The van der Waals surface area contributed by atoms with Crippen LogP contribution in [0.25, 0.3) is 0 Å². The van der Waals surface area contributed by atoms with E-state index in [2.05, 4.69) is 10.6 Å². The molecule has 2 aromatic carbocycles. The Hall–Kier alpha value is -2.33. The minimum Gasteiger partial charge on any atom is -0.476 e. The van der Waals surface area contributed by atoms with Gasteiger partial charge in [0.1, 0.15) is 5.75 Å². The van der Waals surface area contributed by atoms with Crippen LogP contribution >= 0.6 is 0 Å². The highest BCUT2D eigenvalue weighted by Crippen LogP contribution is 2.21. The summed E-state index contributed by atoms with van der Waals surface area (Å²) in [4.78, 5) is 12.5. The first-order chi connectivity index (χ1) is 10.7. The lowest BCUT2D eigenvalue weighted by atomic mass is 10.1. The largest absolute Gasteiger partial charge is 0.476 e.